The molecule has 132 valence electrons. The van der Waals surface area contributed by atoms with E-state index in [0.717, 1.165) is 6.39 Å². The number of primary amides is 1. The van der Waals surface area contributed by atoms with Crippen molar-refractivity contribution in [1.29, 1.82) is 0 Å². The van der Waals surface area contributed by atoms with Gasteiger partial charge in [-0.1, -0.05) is 11.6 Å². The lowest BCUT2D eigenvalue weighted by Crippen LogP contribution is -2.47. The second-order valence-electron chi connectivity index (χ2n) is 6.07. The first-order chi connectivity index (χ1) is 11.8. The van der Waals surface area contributed by atoms with Crippen LogP contribution >= 0.6 is 11.6 Å². The van der Waals surface area contributed by atoms with Crippen LogP contribution in [0.25, 0.3) is 0 Å². The summed E-state index contributed by atoms with van der Waals surface area (Å²) in [6, 6.07) is 1.43. The van der Waals surface area contributed by atoms with Gasteiger partial charge in [-0.25, -0.2) is 9.37 Å². The number of fused-ring (bicyclic) bond motifs is 1. The lowest BCUT2D eigenvalue weighted by atomic mass is 10.0. The molecule has 1 heterocycles. The van der Waals surface area contributed by atoms with Gasteiger partial charge >= 0.3 is 0 Å². The van der Waals surface area contributed by atoms with Crippen molar-refractivity contribution < 1.29 is 18.4 Å². The van der Waals surface area contributed by atoms with E-state index >= 15 is 0 Å². The average molecular weight is 366 g/mol. The van der Waals surface area contributed by atoms with Gasteiger partial charge in [0.2, 0.25) is 11.7 Å². The first-order valence-electron chi connectivity index (χ1n) is 7.81. The van der Waals surface area contributed by atoms with Gasteiger partial charge in [-0.2, -0.15) is 0 Å². The number of benzene rings is 1. The molecule has 2 atom stereocenters. The van der Waals surface area contributed by atoms with Gasteiger partial charge < -0.3 is 15.1 Å². The molecule has 1 aromatic carbocycles. The van der Waals surface area contributed by atoms with E-state index in [4.69, 9.17) is 21.8 Å². The molecule has 0 saturated carbocycles. The molecule has 0 bridgehead atoms. The first-order valence-corrected chi connectivity index (χ1v) is 8.19. The van der Waals surface area contributed by atoms with E-state index in [2.05, 4.69) is 4.98 Å². The molecule has 2 amide bonds. The maximum absolute atomic E-state index is 14.2. The van der Waals surface area contributed by atoms with Gasteiger partial charge in [0.25, 0.3) is 5.91 Å². The number of aryl methyl sites for hydroxylation is 1. The monoisotopic (exact) mass is 365 g/mol. The first kappa shape index (κ1) is 17.4. The van der Waals surface area contributed by atoms with Crippen molar-refractivity contribution in [3.8, 4) is 0 Å². The third kappa shape index (κ3) is 3.00. The van der Waals surface area contributed by atoms with Gasteiger partial charge in [0.05, 0.1) is 11.7 Å². The highest BCUT2D eigenvalue weighted by Crippen LogP contribution is 2.40. The Labute approximate surface area is 148 Å². The van der Waals surface area contributed by atoms with Crippen molar-refractivity contribution >= 4 is 23.4 Å². The van der Waals surface area contributed by atoms with Gasteiger partial charge in [-0.05, 0) is 49.9 Å². The summed E-state index contributed by atoms with van der Waals surface area (Å²) < 4.78 is 19.4. The summed E-state index contributed by atoms with van der Waals surface area (Å²) in [5.41, 5.74) is 6.92. The second kappa shape index (κ2) is 6.48. The summed E-state index contributed by atoms with van der Waals surface area (Å²) in [5.74, 6) is -1.56. The van der Waals surface area contributed by atoms with E-state index in [1.54, 1.807) is 13.0 Å². The second-order valence-corrected chi connectivity index (χ2v) is 6.50. The Bertz CT molecular complexity index is 852. The molecule has 1 aliphatic rings. The van der Waals surface area contributed by atoms with Crippen molar-refractivity contribution in [3.05, 3.63) is 51.9 Å². The lowest BCUT2D eigenvalue weighted by molar-refractivity contribution is -0.122. The fourth-order valence-electron chi connectivity index (χ4n) is 3.26. The topological polar surface area (TPSA) is 89.4 Å². The number of carbonyl (C=O) groups excluding carboxylic acids is 2. The molecule has 2 aromatic rings. The van der Waals surface area contributed by atoms with Gasteiger partial charge in [-0.3, -0.25) is 9.59 Å². The van der Waals surface area contributed by atoms with Crippen LogP contribution in [-0.2, 0) is 11.2 Å². The summed E-state index contributed by atoms with van der Waals surface area (Å²) in [6.07, 6.45) is 2.06. The van der Waals surface area contributed by atoms with Crippen LogP contribution in [0.3, 0.4) is 0 Å². The minimum Gasteiger partial charge on any atom is -0.438 e. The van der Waals surface area contributed by atoms with E-state index in [1.165, 1.54) is 17.9 Å². The van der Waals surface area contributed by atoms with E-state index in [9.17, 15) is 14.0 Å². The van der Waals surface area contributed by atoms with Crippen molar-refractivity contribution in [1.82, 2.24) is 9.88 Å². The molecule has 8 heteroatoms. The summed E-state index contributed by atoms with van der Waals surface area (Å²) in [6.45, 7) is 3.16. The Kier molecular flexibility index (Phi) is 4.51. The highest BCUT2D eigenvalue weighted by atomic mass is 35.5. The summed E-state index contributed by atoms with van der Waals surface area (Å²) in [7, 11) is 0. The summed E-state index contributed by atoms with van der Waals surface area (Å²) >= 11 is 5.98. The molecule has 1 aromatic heterocycles. The summed E-state index contributed by atoms with van der Waals surface area (Å²) in [4.78, 5) is 30.0. The van der Waals surface area contributed by atoms with Crippen LogP contribution in [0.4, 0.5) is 4.39 Å². The van der Waals surface area contributed by atoms with Crippen LogP contribution < -0.4 is 5.73 Å². The van der Waals surface area contributed by atoms with Crippen LogP contribution in [0.5, 0.6) is 0 Å². The zero-order valence-electron chi connectivity index (χ0n) is 13.8. The standard InChI is InChI=1S/C17H17ClFN3O3/c1-8-15(25-7-21-8)17(24)22(9(2)16(20)23)14-4-3-11-12(14)5-10(18)6-13(11)19/h5-7,9,14H,3-4H2,1-2H3,(H2,20,23)/t9-,14-/m1/s1. The Morgan fingerprint density at radius 3 is 2.80 bits per heavy atom. The van der Waals surface area contributed by atoms with Crippen LogP contribution in [0.2, 0.25) is 5.02 Å². The Hall–Kier alpha value is -2.41. The van der Waals surface area contributed by atoms with Gasteiger partial charge in [0.1, 0.15) is 11.9 Å². The van der Waals surface area contributed by atoms with Gasteiger partial charge in [0.15, 0.2) is 6.39 Å². The Morgan fingerprint density at radius 2 is 2.20 bits per heavy atom. The van der Waals surface area contributed by atoms with E-state index in [0.29, 0.717) is 29.7 Å². The summed E-state index contributed by atoms with van der Waals surface area (Å²) in [5, 5.41) is 0.234. The fraction of sp³-hybridized carbons (Fsp3) is 0.353. The number of hydrogen-bond donors (Lipinski definition) is 1. The lowest BCUT2D eigenvalue weighted by Gasteiger charge is -2.33. The molecule has 3 rings (SSSR count). The van der Waals surface area contributed by atoms with Crippen LogP contribution in [0.1, 0.15) is 46.8 Å². The van der Waals surface area contributed by atoms with Crippen LogP contribution in [0, 0.1) is 12.7 Å². The predicted molar refractivity (Wildman–Crippen MR) is 88.5 cm³/mol. The zero-order chi connectivity index (χ0) is 18.3. The quantitative estimate of drug-likeness (QED) is 0.902. The normalized spacial score (nSPS) is 17.2. The molecule has 2 N–H and O–H groups in total. The highest BCUT2D eigenvalue weighted by Gasteiger charge is 2.39. The molecule has 1 aliphatic carbocycles. The van der Waals surface area contributed by atoms with Gasteiger partial charge in [-0.15, -0.1) is 0 Å². The third-order valence-electron chi connectivity index (χ3n) is 4.56. The van der Waals surface area contributed by atoms with Crippen molar-refractivity contribution in [3.63, 3.8) is 0 Å². The molecule has 25 heavy (non-hydrogen) atoms. The van der Waals surface area contributed by atoms with E-state index in [-0.39, 0.29) is 10.8 Å². The largest absolute Gasteiger partial charge is 0.438 e. The average Bonchev–Trinajstić information content (AvgIpc) is 3.14. The third-order valence-corrected chi connectivity index (χ3v) is 4.78. The van der Waals surface area contributed by atoms with Crippen molar-refractivity contribution in [2.45, 2.75) is 38.8 Å². The number of aromatic nitrogens is 1. The van der Waals surface area contributed by atoms with Crippen LogP contribution in [-0.4, -0.2) is 27.7 Å². The highest BCUT2D eigenvalue weighted by molar-refractivity contribution is 6.30. The molecule has 0 unspecified atom stereocenters. The number of nitrogens with zero attached hydrogens (tertiary/aromatic N) is 2. The SMILES string of the molecule is Cc1ncoc1C(=O)N([C@H](C)C(N)=O)[C@@H]1CCc2c(F)cc(Cl)cc21. The molecular weight excluding hydrogens is 349 g/mol. The molecule has 0 fully saturated rings. The fourth-order valence-corrected chi connectivity index (χ4v) is 3.47. The van der Waals surface area contributed by atoms with Crippen molar-refractivity contribution in [2.75, 3.05) is 0 Å². The Balaban J connectivity index is 2.08. The maximum atomic E-state index is 14.2. The van der Waals surface area contributed by atoms with Crippen molar-refractivity contribution in [2.24, 2.45) is 5.73 Å². The predicted octanol–water partition coefficient (Wildman–Crippen LogP) is 2.78. The number of nitrogens with two attached hydrogens (primary N) is 1. The minimum atomic E-state index is -0.907. The number of carbonyl (C=O) groups is 2. The zero-order valence-corrected chi connectivity index (χ0v) is 14.5. The number of amides is 2. The Morgan fingerprint density at radius 1 is 1.48 bits per heavy atom. The molecule has 6 nitrogen and oxygen atoms in total. The molecule has 0 spiro atoms. The van der Waals surface area contributed by atoms with E-state index < -0.39 is 29.7 Å². The molecular formula is C17H17ClFN3O3. The number of halogens is 2. The minimum absolute atomic E-state index is 0.0315. The number of rotatable bonds is 4. The molecule has 0 radical (unpaired) electrons. The van der Waals surface area contributed by atoms with Crippen LogP contribution in [0.15, 0.2) is 22.9 Å². The maximum Gasteiger partial charge on any atom is 0.292 e. The molecule has 0 aliphatic heterocycles. The number of hydrogen-bond acceptors (Lipinski definition) is 4. The van der Waals surface area contributed by atoms with Gasteiger partial charge in [0, 0.05) is 5.02 Å². The van der Waals surface area contributed by atoms with E-state index in [1.807, 2.05) is 0 Å². The smallest absolute Gasteiger partial charge is 0.292 e. The number of oxazole rings is 1. The molecule has 0 saturated heterocycles.